The molecule has 0 aliphatic rings. The van der Waals surface area contributed by atoms with Gasteiger partial charge in [0, 0.05) is 13.1 Å². The first-order chi connectivity index (χ1) is 16.1. The van der Waals surface area contributed by atoms with Crippen LogP contribution in [0.25, 0.3) is 5.69 Å². The summed E-state index contributed by atoms with van der Waals surface area (Å²) in [5, 5.41) is 6.36. The van der Waals surface area contributed by atoms with Crippen LogP contribution in [0.1, 0.15) is 69.8 Å². The number of para-hydroxylation sites is 1. The van der Waals surface area contributed by atoms with Crippen molar-refractivity contribution in [3.8, 4) is 5.69 Å². The van der Waals surface area contributed by atoms with Gasteiger partial charge in [0.15, 0.2) is 0 Å². The third-order valence-electron chi connectivity index (χ3n) is 6.77. The highest BCUT2D eigenvalue weighted by Crippen LogP contribution is 2.26. The highest BCUT2D eigenvalue weighted by molar-refractivity contribution is 5.95. The van der Waals surface area contributed by atoms with Crippen molar-refractivity contribution in [1.29, 1.82) is 0 Å². The van der Waals surface area contributed by atoms with Crippen LogP contribution in [0.2, 0.25) is 0 Å². The summed E-state index contributed by atoms with van der Waals surface area (Å²) in [5.74, 6) is 0.588. The lowest BCUT2D eigenvalue weighted by Gasteiger charge is -2.27. The molecule has 0 aliphatic carbocycles. The molecule has 182 valence electrons. The molecule has 0 spiro atoms. The van der Waals surface area contributed by atoms with Crippen molar-refractivity contribution < 1.29 is 4.79 Å². The molecule has 2 aromatic carbocycles. The van der Waals surface area contributed by atoms with Crippen molar-refractivity contribution in [3.63, 3.8) is 0 Å². The van der Waals surface area contributed by atoms with Gasteiger partial charge in [-0.2, -0.15) is 0 Å². The fourth-order valence-electron chi connectivity index (χ4n) is 4.23. The number of nitrogens with one attached hydrogen (secondary N) is 2. The number of carbonyl (C=O) groups excluding carboxylic acids is 1. The molecule has 0 unspecified atom stereocenters. The Hall–Kier alpha value is -3.12. The second kappa shape index (κ2) is 10.9. The van der Waals surface area contributed by atoms with Gasteiger partial charge < -0.3 is 5.32 Å². The van der Waals surface area contributed by atoms with Gasteiger partial charge in [0.05, 0.1) is 17.4 Å². The highest BCUT2D eigenvalue weighted by atomic mass is 16.2. The fraction of sp³-hybridized carbons (Fsp3) is 0.429. The predicted molar refractivity (Wildman–Crippen MR) is 140 cm³/mol. The summed E-state index contributed by atoms with van der Waals surface area (Å²) in [7, 11) is 1.82. The molecule has 34 heavy (non-hydrogen) atoms. The van der Waals surface area contributed by atoms with E-state index in [0.717, 1.165) is 17.7 Å². The molecule has 2 N–H and O–H groups in total. The molecular weight excluding hydrogens is 424 g/mol. The summed E-state index contributed by atoms with van der Waals surface area (Å²) in [6.45, 7) is 12.4. The maximum absolute atomic E-state index is 13.1. The Labute approximate surface area is 203 Å². The molecule has 1 heterocycles. The van der Waals surface area contributed by atoms with Gasteiger partial charge in [0.1, 0.15) is 5.69 Å². The van der Waals surface area contributed by atoms with E-state index < -0.39 is 6.04 Å². The monoisotopic (exact) mass is 462 g/mol. The number of anilines is 1. The van der Waals surface area contributed by atoms with Crippen LogP contribution >= 0.6 is 0 Å². The lowest BCUT2D eigenvalue weighted by molar-refractivity contribution is -0.118. The van der Waals surface area contributed by atoms with Crippen molar-refractivity contribution >= 4 is 11.6 Å². The van der Waals surface area contributed by atoms with Gasteiger partial charge in [-0.25, -0.2) is 4.68 Å². The van der Waals surface area contributed by atoms with E-state index in [-0.39, 0.29) is 17.5 Å². The maximum atomic E-state index is 13.1. The van der Waals surface area contributed by atoms with Crippen LogP contribution in [0.4, 0.5) is 5.69 Å². The number of hydrogen-bond donors (Lipinski definition) is 2. The van der Waals surface area contributed by atoms with Crippen LogP contribution < -0.4 is 16.2 Å². The van der Waals surface area contributed by atoms with E-state index >= 15 is 0 Å². The largest absolute Gasteiger partial charge is 0.319 e. The number of carbonyl (C=O) groups is 1. The van der Waals surface area contributed by atoms with Gasteiger partial charge in [-0.05, 0) is 55.4 Å². The van der Waals surface area contributed by atoms with Crippen molar-refractivity contribution in [2.24, 2.45) is 13.0 Å². The minimum atomic E-state index is -0.481. The van der Waals surface area contributed by atoms with Crippen LogP contribution in [-0.4, -0.2) is 21.3 Å². The Morgan fingerprint density at radius 1 is 0.941 bits per heavy atom. The molecule has 0 saturated heterocycles. The zero-order chi connectivity index (χ0) is 25.0. The van der Waals surface area contributed by atoms with E-state index in [4.69, 9.17) is 0 Å². The lowest BCUT2D eigenvalue weighted by atomic mass is 9.91. The molecule has 0 bridgehead atoms. The molecule has 3 aromatic rings. The number of amides is 1. The minimum Gasteiger partial charge on any atom is -0.319 e. The SMILES string of the molecule is CC[C@H](C)c1ccc([C@@H](N[C@H](C)C(=O)Nc2c(C)n(C)n(-c3ccccc3)c2=O)C(C)C)cc1. The molecule has 0 radical (unpaired) electrons. The van der Waals surface area contributed by atoms with Crippen molar-refractivity contribution in [2.75, 3.05) is 5.32 Å². The number of hydrogen-bond acceptors (Lipinski definition) is 3. The number of aromatic nitrogens is 2. The molecule has 0 aliphatic heterocycles. The highest BCUT2D eigenvalue weighted by Gasteiger charge is 2.24. The molecule has 6 nitrogen and oxygen atoms in total. The van der Waals surface area contributed by atoms with E-state index in [2.05, 4.69) is 62.6 Å². The summed E-state index contributed by atoms with van der Waals surface area (Å²) >= 11 is 0. The maximum Gasteiger partial charge on any atom is 0.295 e. The number of rotatable bonds is 9. The number of nitrogens with zero attached hydrogens (tertiary/aromatic N) is 2. The van der Waals surface area contributed by atoms with Crippen molar-refractivity contribution in [2.45, 2.75) is 66.0 Å². The topological polar surface area (TPSA) is 68.1 Å². The van der Waals surface area contributed by atoms with E-state index in [9.17, 15) is 9.59 Å². The van der Waals surface area contributed by atoms with Crippen LogP contribution in [-0.2, 0) is 11.8 Å². The summed E-state index contributed by atoms with van der Waals surface area (Å²) in [5.41, 5.74) is 4.01. The number of benzene rings is 2. The first-order valence-electron chi connectivity index (χ1n) is 12.2. The molecule has 1 amide bonds. The average molecular weight is 463 g/mol. The zero-order valence-corrected chi connectivity index (χ0v) is 21.4. The van der Waals surface area contributed by atoms with Gasteiger partial charge in [-0.1, -0.05) is 70.2 Å². The first kappa shape index (κ1) is 25.5. The van der Waals surface area contributed by atoms with E-state index in [1.807, 2.05) is 51.2 Å². The second-order valence-electron chi connectivity index (χ2n) is 9.51. The second-order valence-corrected chi connectivity index (χ2v) is 9.51. The van der Waals surface area contributed by atoms with Crippen LogP contribution in [0.5, 0.6) is 0 Å². The Kier molecular flexibility index (Phi) is 8.15. The standard InChI is InChI=1S/C28H38N4O2/c1-8-19(4)22-14-16-23(17-15-22)25(18(2)3)29-20(5)27(33)30-26-21(6)31(7)32(28(26)34)24-12-10-9-11-13-24/h9-20,25,29H,8H2,1-7H3,(H,30,33)/t19-,20+,25-/m0/s1. The Bertz CT molecular complexity index is 1160. The van der Waals surface area contributed by atoms with Gasteiger partial charge in [0.25, 0.3) is 5.56 Å². The van der Waals surface area contributed by atoms with E-state index in [1.54, 1.807) is 9.36 Å². The zero-order valence-electron chi connectivity index (χ0n) is 21.4. The van der Waals surface area contributed by atoms with Gasteiger partial charge >= 0.3 is 0 Å². The molecule has 3 atom stereocenters. The molecule has 6 heteroatoms. The molecule has 0 fully saturated rings. The van der Waals surface area contributed by atoms with Crippen molar-refractivity contribution in [3.05, 3.63) is 81.8 Å². The summed E-state index contributed by atoms with van der Waals surface area (Å²) in [6, 6.07) is 17.6. The third-order valence-corrected chi connectivity index (χ3v) is 6.77. The van der Waals surface area contributed by atoms with Crippen LogP contribution in [0.15, 0.2) is 59.4 Å². The van der Waals surface area contributed by atoms with E-state index in [1.165, 1.54) is 5.56 Å². The average Bonchev–Trinajstić information content (AvgIpc) is 3.05. The predicted octanol–water partition coefficient (Wildman–Crippen LogP) is 5.31. The Morgan fingerprint density at radius 3 is 2.09 bits per heavy atom. The minimum absolute atomic E-state index is 0.0181. The third kappa shape index (κ3) is 5.33. The van der Waals surface area contributed by atoms with Crippen LogP contribution in [0.3, 0.4) is 0 Å². The summed E-state index contributed by atoms with van der Waals surface area (Å²) in [4.78, 5) is 26.3. The smallest absolute Gasteiger partial charge is 0.295 e. The van der Waals surface area contributed by atoms with Gasteiger partial charge in [-0.3, -0.25) is 19.6 Å². The van der Waals surface area contributed by atoms with Gasteiger partial charge in [-0.15, -0.1) is 0 Å². The van der Waals surface area contributed by atoms with Gasteiger partial charge in [0.2, 0.25) is 5.91 Å². The molecule has 3 rings (SSSR count). The summed E-state index contributed by atoms with van der Waals surface area (Å²) in [6.07, 6.45) is 1.10. The van der Waals surface area contributed by atoms with Crippen LogP contribution in [0, 0.1) is 12.8 Å². The fourth-order valence-corrected chi connectivity index (χ4v) is 4.23. The molecular formula is C28H38N4O2. The van der Waals surface area contributed by atoms with E-state index in [0.29, 0.717) is 23.2 Å². The quantitative estimate of drug-likeness (QED) is 0.453. The Balaban J connectivity index is 1.78. The molecule has 0 saturated carbocycles. The normalized spacial score (nSPS) is 14.1. The molecule has 1 aromatic heterocycles. The first-order valence-corrected chi connectivity index (χ1v) is 12.2. The Morgan fingerprint density at radius 2 is 1.53 bits per heavy atom. The lowest BCUT2D eigenvalue weighted by Crippen LogP contribution is -2.42. The van der Waals surface area contributed by atoms with Crippen molar-refractivity contribution in [1.82, 2.24) is 14.7 Å². The summed E-state index contributed by atoms with van der Waals surface area (Å²) < 4.78 is 3.33.